The van der Waals surface area contributed by atoms with Gasteiger partial charge >= 0.3 is 0 Å². The molecule has 0 unspecified atom stereocenters. The van der Waals surface area contributed by atoms with E-state index in [1.54, 1.807) is 4.90 Å². The number of nitrogens with zero attached hydrogens (tertiary/aromatic N) is 1. The van der Waals surface area contributed by atoms with Gasteiger partial charge in [0.2, 0.25) is 18.6 Å². The van der Waals surface area contributed by atoms with Gasteiger partial charge in [-0.2, -0.15) is 0 Å². The fourth-order valence-corrected chi connectivity index (χ4v) is 3.39. The van der Waals surface area contributed by atoms with Crippen LogP contribution in [0.1, 0.15) is 25.3 Å². The normalized spacial score (nSPS) is 16.2. The van der Waals surface area contributed by atoms with E-state index in [4.69, 9.17) is 9.47 Å². The number of hydrogen-bond acceptors (Lipinski definition) is 5. The Labute approximate surface area is 163 Å². The van der Waals surface area contributed by atoms with Crippen molar-refractivity contribution in [3.8, 4) is 11.5 Å². The summed E-state index contributed by atoms with van der Waals surface area (Å²) in [5.41, 5.74) is 2.61. The molecule has 7 heteroatoms. The molecular formula is C21H23N3O4. The molecule has 7 nitrogen and oxygen atoms in total. The van der Waals surface area contributed by atoms with Crippen LogP contribution in [0.3, 0.4) is 0 Å². The van der Waals surface area contributed by atoms with Gasteiger partial charge < -0.3 is 25.0 Å². The molecule has 0 bridgehead atoms. The van der Waals surface area contributed by atoms with E-state index in [9.17, 15) is 9.59 Å². The molecule has 146 valence electrons. The summed E-state index contributed by atoms with van der Waals surface area (Å²) in [4.78, 5) is 26.2. The summed E-state index contributed by atoms with van der Waals surface area (Å²) in [6, 6.07) is 12.8. The summed E-state index contributed by atoms with van der Waals surface area (Å²) < 4.78 is 10.7. The highest BCUT2D eigenvalue weighted by Gasteiger charge is 2.22. The van der Waals surface area contributed by atoms with Crippen molar-refractivity contribution in [2.24, 2.45) is 0 Å². The lowest BCUT2D eigenvalue weighted by molar-refractivity contribution is -0.121. The van der Waals surface area contributed by atoms with Crippen molar-refractivity contribution in [1.29, 1.82) is 0 Å². The van der Waals surface area contributed by atoms with E-state index in [1.807, 2.05) is 49.4 Å². The average molecular weight is 381 g/mol. The molecule has 2 aliphatic heterocycles. The van der Waals surface area contributed by atoms with Crippen molar-refractivity contribution in [2.75, 3.05) is 23.6 Å². The fraction of sp³-hybridized carbons (Fsp3) is 0.333. The van der Waals surface area contributed by atoms with Crippen LogP contribution >= 0.6 is 0 Å². The zero-order valence-electron chi connectivity index (χ0n) is 15.7. The van der Waals surface area contributed by atoms with Gasteiger partial charge in [-0.05, 0) is 49.2 Å². The maximum Gasteiger partial charge on any atom is 0.242 e. The minimum absolute atomic E-state index is 0.111. The Hall–Kier alpha value is -3.22. The van der Waals surface area contributed by atoms with Crippen LogP contribution in [0.5, 0.6) is 11.5 Å². The van der Waals surface area contributed by atoms with E-state index in [0.29, 0.717) is 18.7 Å². The second-order valence-electron chi connectivity index (χ2n) is 6.97. The quantitative estimate of drug-likeness (QED) is 0.804. The second kappa shape index (κ2) is 7.80. The van der Waals surface area contributed by atoms with Crippen LogP contribution in [-0.2, 0) is 16.1 Å². The molecule has 2 amide bonds. The summed E-state index contributed by atoms with van der Waals surface area (Å²) in [7, 11) is 0. The number of carbonyl (C=O) groups is 2. The highest BCUT2D eigenvalue weighted by Crippen LogP contribution is 2.32. The van der Waals surface area contributed by atoms with Gasteiger partial charge in [0.25, 0.3) is 0 Å². The van der Waals surface area contributed by atoms with Crippen molar-refractivity contribution >= 4 is 23.2 Å². The van der Waals surface area contributed by atoms with Gasteiger partial charge in [-0.1, -0.05) is 12.1 Å². The predicted octanol–water partition coefficient (Wildman–Crippen LogP) is 2.66. The minimum Gasteiger partial charge on any atom is -0.454 e. The van der Waals surface area contributed by atoms with Crippen LogP contribution in [0.4, 0.5) is 11.4 Å². The van der Waals surface area contributed by atoms with Crippen LogP contribution in [0.15, 0.2) is 42.5 Å². The monoisotopic (exact) mass is 381 g/mol. The predicted molar refractivity (Wildman–Crippen MR) is 106 cm³/mol. The number of benzene rings is 2. The van der Waals surface area contributed by atoms with E-state index >= 15 is 0 Å². The number of ether oxygens (including phenoxy) is 2. The van der Waals surface area contributed by atoms with Crippen molar-refractivity contribution in [2.45, 2.75) is 32.4 Å². The number of fused-ring (bicyclic) bond motifs is 1. The molecule has 0 aliphatic carbocycles. The molecule has 2 aromatic rings. The van der Waals surface area contributed by atoms with E-state index in [2.05, 4.69) is 10.6 Å². The summed E-state index contributed by atoms with van der Waals surface area (Å²) in [6.45, 7) is 3.19. The number of rotatable bonds is 6. The van der Waals surface area contributed by atoms with Gasteiger partial charge in [0.05, 0.1) is 0 Å². The van der Waals surface area contributed by atoms with E-state index < -0.39 is 6.04 Å². The Morgan fingerprint density at radius 2 is 2.04 bits per heavy atom. The zero-order chi connectivity index (χ0) is 19.5. The van der Waals surface area contributed by atoms with Crippen LogP contribution in [0.25, 0.3) is 0 Å². The zero-order valence-corrected chi connectivity index (χ0v) is 15.7. The maximum atomic E-state index is 12.5. The third kappa shape index (κ3) is 3.88. The lowest BCUT2D eigenvalue weighted by atomic mass is 10.2. The third-order valence-corrected chi connectivity index (χ3v) is 4.91. The van der Waals surface area contributed by atoms with Gasteiger partial charge in [0, 0.05) is 30.9 Å². The molecule has 0 aromatic heterocycles. The van der Waals surface area contributed by atoms with Crippen molar-refractivity contribution in [1.82, 2.24) is 5.32 Å². The van der Waals surface area contributed by atoms with Gasteiger partial charge in [0.1, 0.15) is 6.04 Å². The van der Waals surface area contributed by atoms with E-state index in [1.165, 1.54) is 0 Å². The number of hydrogen-bond donors (Lipinski definition) is 2. The molecule has 2 heterocycles. The lowest BCUT2D eigenvalue weighted by Crippen LogP contribution is -2.37. The second-order valence-corrected chi connectivity index (χ2v) is 6.97. The fourth-order valence-electron chi connectivity index (χ4n) is 3.39. The summed E-state index contributed by atoms with van der Waals surface area (Å²) in [5.74, 6) is 1.46. The van der Waals surface area contributed by atoms with Crippen molar-refractivity contribution in [3.05, 3.63) is 48.0 Å². The highest BCUT2D eigenvalue weighted by molar-refractivity contribution is 5.95. The first-order valence-corrected chi connectivity index (χ1v) is 9.43. The number of nitrogens with one attached hydrogen (secondary N) is 2. The first-order valence-electron chi connectivity index (χ1n) is 9.43. The Morgan fingerprint density at radius 3 is 2.86 bits per heavy atom. The Bertz CT molecular complexity index is 899. The molecule has 0 saturated carbocycles. The highest BCUT2D eigenvalue weighted by atomic mass is 16.7. The molecule has 2 aromatic carbocycles. The first kappa shape index (κ1) is 18.2. The van der Waals surface area contributed by atoms with Gasteiger partial charge in [-0.15, -0.1) is 0 Å². The summed E-state index contributed by atoms with van der Waals surface area (Å²) in [6.07, 6.45) is 1.48. The molecule has 2 aliphatic rings. The topological polar surface area (TPSA) is 79.9 Å². The summed E-state index contributed by atoms with van der Waals surface area (Å²) >= 11 is 0. The standard InChI is InChI=1S/C21H23N3O4/c1-14(21(26)22-12-15-7-8-18-19(10-15)28-13-27-18)23-16-4-2-5-17(11-16)24-9-3-6-20(24)25/h2,4-5,7-8,10-11,14,23H,3,6,9,12-13H2,1H3,(H,22,26)/t14-/m0/s1. The molecule has 2 N–H and O–H groups in total. The molecule has 1 fully saturated rings. The molecule has 0 spiro atoms. The average Bonchev–Trinajstić information content (AvgIpc) is 3.34. The third-order valence-electron chi connectivity index (χ3n) is 4.91. The molecular weight excluding hydrogens is 358 g/mol. The van der Waals surface area contributed by atoms with E-state index in [0.717, 1.165) is 35.7 Å². The van der Waals surface area contributed by atoms with Crippen LogP contribution in [0.2, 0.25) is 0 Å². The summed E-state index contributed by atoms with van der Waals surface area (Å²) in [5, 5.41) is 6.13. The molecule has 1 saturated heterocycles. The number of carbonyl (C=O) groups excluding carboxylic acids is 2. The Balaban J connectivity index is 1.33. The van der Waals surface area contributed by atoms with Crippen LogP contribution < -0.4 is 25.0 Å². The van der Waals surface area contributed by atoms with Gasteiger partial charge in [0.15, 0.2) is 11.5 Å². The SMILES string of the molecule is C[C@H](Nc1cccc(N2CCCC2=O)c1)C(=O)NCc1ccc2c(c1)OCO2. The smallest absolute Gasteiger partial charge is 0.242 e. The first-order chi connectivity index (χ1) is 13.6. The maximum absolute atomic E-state index is 12.5. The molecule has 1 atom stereocenters. The van der Waals surface area contributed by atoms with Gasteiger partial charge in [-0.25, -0.2) is 0 Å². The molecule has 4 rings (SSSR count). The largest absolute Gasteiger partial charge is 0.454 e. The minimum atomic E-state index is -0.418. The van der Waals surface area contributed by atoms with E-state index in [-0.39, 0.29) is 18.6 Å². The van der Waals surface area contributed by atoms with Crippen molar-refractivity contribution in [3.63, 3.8) is 0 Å². The lowest BCUT2D eigenvalue weighted by Gasteiger charge is -2.19. The molecule has 28 heavy (non-hydrogen) atoms. The number of anilines is 2. The Morgan fingerprint density at radius 1 is 1.18 bits per heavy atom. The van der Waals surface area contributed by atoms with Crippen LogP contribution in [-0.4, -0.2) is 31.2 Å². The Kier molecular flexibility index (Phi) is 5.06. The van der Waals surface area contributed by atoms with Gasteiger partial charge in [-0.3, -0.25) is 9.59 Å². The van der Waals surface area contributed by atoms with Crippen molar-refractivity contribution < 1.29 is 19.1 Å². The number of amides is 2. The van der Waals surface area contributed by atoms with Crippen LogP contribution in [0, 0.1) is 0 Å². The molecule has 0 radical (unpaired) electrons.